The fourth-order valence-corrected chi connectivity index (χ4v) is 1.86. The first-order chi connectivity index (χ1) is 6.40. The van der Waals surface area contributed by atoms with Crippen molar-refractivity contribution in [3.05, 3.63) is 23.5 Å². The van der Waals surface area contributed by atoms with E-state index in [2.05, 4.69) is 19.1 Å². The average Bonchev–Trinajstić information content (AvgIpc) is 2.38. The first-order valence-electron chi connectivity index (χ1n) is 5.02. The van der Waals surface area contributed by atoms with E-state index in [1.165, 1.54) is 18.4 Å². The summed E-state index contributed by atoms with van der Waals surface area (Å²) in [7, 11) is 0. The van der Waals surface area contributed by atoms with Crippen molar-refractivity contribution in [2.45, 2.75) is 26.2 Å². The van der Waals surface area contributed by atoms with Crippen LogP contribution in [0.15, 0.2) is 23.5 Å². The van der Waals surface area contributed by atoms with Crippen LogP contribution in [0, 0.1) is 5.92 Å². The SMILES string of the molecule is CCC1C=C2COCOC2=CCC1. The van der Waals surface area contributed by atoms with Gasteiger partial charge in [0, 0.05) is 5.57 Å². The zero-order chi connectivity index (χ0) is 9.10. The molecule has 1 fully saturated rings. The molecule has 0 bridgehead atoms. The van der Waals surface area contributed by atoms with Gasteiger partial charge in [-0.05, 0) is 31.3 Å². The average molecular weight is 180 g/mol. The van der Waals surface area contributed by atoms with Crippen molar-refractivity contribution in [2.24, 2.45) is 5.92 Å². The minimum Gasteiger partial charge on any atom is -0.468 e. The molecule has 0 amide bonds. The molecule has 1 heterocycles. The van der Waals surface area contributed by atoms with E-state index < -0.39 is 0 Å². The zero-order valence-corrected chi connectivity index (χ0v) is 8.08. The second-order valence-corrected chi connectivity index (χ2v) is 3.62. The molecule has 1 atom stereocenters. The highest BCUT2D eigenvalue weighted by Gasteiger charge is 2.17. The lowest BCUT2D eigenvalue weighted by atomic mass is 10.00. The van der Waals surface area contributed by atoms with E-state index in [1.54, 1.807) is 0 Å². The van der Waals surface area contributed by atoms with Gasteiger partial charge in [0.1, 0.15) is 5.76 Å². The molecule has 2 rings (SSSR count). The molecule has 1 saturated heterocycles. The summed E-state index contributed by atoms with van der Waals surface area (Å²) in [6.07, 6.45) is 8.10. The molecule has 2 aliphatic rings. The number of allylic oxidation sites excluding steroid dienone is 2. The van der Waals surface area contributed by atoms with Gasteiger partial charge in [0.25, 0.3) is 0 Å². The van der Waals surface area contributed by atoms with E-state index in [9.17, 15) is 0 Å². The third-order valence-corrected chi connectivity index (χ3v) is 2.70. The van der Waals surface area contributed by atoms with Crippen molar-refractivity contribution in [1.82, 2.24) is 0 Å². The molecule has 0 aromatic heterocycles. The van der Waals surface area contributed by atoms with Gasteiger partial charge < -0.3 is 9.47 Å². The van der Waals surface area contributed by atoms with Crippen molar-refractivity contribution >= 4 is 0 Å². The summed E-state index contributed by atoms with van der Waals surface area (Å²) < 4.78 is 10.7. The van der Waals surface area contributed by atoms with E-state index >= 15 is 0 Å². The van der Waals surface area contributed by atoms with E-state index in [1.807, 2.05) is 0 Å². The molecule has 0 aromatic rings. The summed E-state index contributed by atoms with van der Waals surface area (Å²) >= 11 is 0. The lowest BCUT2D eigenvalue weighted by Gasteiger charge is -2.19. The summed E-state index contributed by atoms with van der Waals surface area (Å²) in [5, 5.41) is 0. The number of ether oxygens (including phenoxy) is 2. The molecule has 0 aromatic carbocycles. The first-order valence-corrected chi connectivity index (χ1v) is 5.02. The predicted octanol–water partition coefficient (Wildman–Crippen LogP) is 2.62. The Balaban J connectivity index is 2.17. The van der Waals surface area contributed by atoms with Crippen LogP contribution in [0.1, 0.15) is 26.2 Å². The lowest BCUT2D eigenvalue weighted by molar-refractivity contribution is -0.0372. The summed E-state index contributed by atoms with van der Waals surface area (Å²) in [4.78, 5) is 0. The van der Waals surface area contributed by atoms with Gasteiger partial charge in [0.15, 0.2) is 6.79 Å². The van der Waals surface area contributed by atoms with Gasteiger partial charge >= 0.3 is 0 Å². The smallest absolute Gasteiger partial charge is 0.189 e. The Labute approximate surface area is 79.2 Å². The fraction of sp³-hybridized carbons (Fsp3) is 0.636. The summed E-state index contributed by atoms with van der Waals surface area (Å²) in [5.74, 6) is 1.76. The largest absolute Gasteiger partial charge is 0.468 e. The third-order valence-electron chi connectivity index (χ3n) is 2.70. The molecule has 0 radical (unpaired) electrons. The van der Waals surface area contributed by atoms with Crippen LogP contribution in [0.2, 0.25) is 0 Å². The van der Waals surface area contributed by atoms with Crippen LogP contribution in [0.4, 0.5) is 0 Å². The van der Waals surface area contributed by atoms with E-state index in [4.69, 9.17) is 9.47 Å². The minimum atomic E-state index is 0.417. The Bertz CT molecular complexity index is 240. The Hall–Kier alpha value is -0.760. The van der Waals surface area contributed by atoms with Gasteiger partial charge in [0.05, 0.1) is 6.61 Å². The van der Waals surface area contributed by atoms with Crippen molar-refractivity contribution in [1.29, 1.82) is 0 Å². The highest BCUT2D eigenvalue weighted by molar-refractivity contribution is 5.29. The van der Waals surface area contributed by atoms with Crippen LogP contribution < -0.4 is 0 Å². The van der Waals surface area contributed by atoms with Gasteiger partial charge in [-0.25, -0.2) is 0 Å². The van der Waals surface area contributed by atoms with Crippen LogP contribution in [0.3, 0.4) is 0 Å². The van der Waals surface area contributed by atoms with Crippen LogP contribution in [-0.4, -0.2) is 13.4 Å². The van der Waals surface area contributed by atoms with Crippen molar-refractivity contribution in [3.8, 4) is 0 Å². The molecule has 72 valence electrons. The molecule has 13 heavy (non-hydrogen) atoms. The molecule has 1 aliphatic heterocycles. The maximum Gasteiger partial charge on any atom is 0.189 e. The number of fused-ring (bicyclic) bond motifs is 1. The van der Waals surface area contributed by atoms with Crippen molar-refractivity contribution < 1.29 is 9.47 Å². The zero-order valence-electron chi connectivity index (χ0n) is 8.08. The number of hydrogen-bond acceptors (Lipinski definition) is 2. The normalized spacial score (nSPS) is 27.9. The second-order valence-electron chi connectivity index (χ2n) is 3.62. The maximum absolute atomic E-state index is 5.43. The Kier molecular flexibility index (Phi) is 2.69. The van der Waals surface area contributed by atoms with E-state index in [0.717, 1.165) is 18.8 Å². The third kappa shape index (κ3) is 1.94. The molecule has 0 saturated carbocycles. The molecule has 1 unspecified atom stereocenters. The molecular weight excluding hydrogens is 164 g/mol. The maximum atomic E-state index is 5.43. The molecule has 1 aliphatic carbocycles. The van der Waals surface area contributed by atoms with Crippen LogP contribution in [0.5, 0.6) is 0 Å². The monoisotopic (exact) mass is 180 g/mol. The molecule has 0 N–H and O–H groups in total. The quantitative estimate of drug-likeness (QED) is 0.617. The predicted molar refractivity (Wildman–Crippen MR) is 51.1 cm³/mol. The Morgan fingerprint density at radius 1 is 1.54 bits per heavy atom. The second kappa shape index (κ2) is 3.97. The van der Waals surface area contributed by atoms with Crippen LogP contribution >= 0.6 is 0 Å². The van der Waals surface area contributed by atoms with Crippen LogP contribution in [0.25, 0.3) is 0 Å². The standard InChI is InChI=1S/C11H16O2/c1-2-9-4-3-5-11-10(6-9)7-12-8-13-11/h5-6,9H,2-4,7-8H2,1H3. The van der Waals surface area contributed by atoms with Crippen molar-refractivity contribution in [3.63, 3.8) is 0 Å². The lowest BCUT2D eigenvalue weighted by Crippen LogP contribution is -2.14. The van der Waals surface area contributed by atoms with Gasteiger partial charge in [-0.1, -0.05) is 13.0 Å². The summed E-state index contributed by atoms with van der Waals surface area (Å²) in [5.41, 5.74) is 1.25. The topological polar surface area (TPSA) is 18.5 Å². The summed E-state index contributed by atoms with van der Waals surface area (Å²) in [6.45, 7) is 3.37. The fourth-order valence-electron chi connectivity index (χ4n) is 1.86. The highest BCUT2D eigenvalue weighted by Crippen LogP contribution is 2.27. The molecule has 2 nitrogen and oxygen atoms in total. The van der Waals surface area contributed by atoms with E-state index in [-0.39, 0.29) is 0 Å². The Morgan fingerprint density at radius 3 is 3.31 bits per heavy atom. The molecular formula is C11H16O2. The Morgan fingerprint density at radius 2 is 2.46 bits per heavy atom. The highest BCUT2D eigenvalue weighted by atomic mass is 16.7. The number of hydrogen-bond donors (Lipinski definition) is 0. The molecule has 2 heteroatoms. The number of rotatable bonds is 1. The summed E-state index contributed by atoms with van der Waals surface area (Å²) in [6, 6.07) is 0. The van der Waals surface area contributed by atoms with Gasteiger partial charge in [-0.2, -0.15) is 0 Å². The molecule has 0 spiro atoms. The van der Waals surface area contributed by atoms with Crippen molar-refractivity contribution in [2.75, 3.05) is 13.4 Å². The van der Waals surface area contributed by atoms with Crippen LogP contribution in [-0.2, 0) is 9.47 Å². The van der Waals surface area contributed by atoms with Gasteiger partial charge in [-0.15, -0.1) is 0 Å². The van der Waals surface area contributed by atoms with E-state index in [0.29, 0.717) is 12.7 Å². The van der Waals surface area contributed by atoms with Gasteiger partial charge in [-0.3, -0.25) is 0 Å². The minimum absolute atomic E-state index is 0.417. The van der Waals surface area contributed by atoms with Gasteiger partial charge in [0.2, 0.25) is 0 Å². The first kappa shape index (κ1) is 8.82.